The van der Waals surface area contributed by atoms with Gasteiger partial charge in [-0.25, -0.2) is 4.98 Å². The molecular weight excluding hydrogens is 444 g/mol. The Morgan fingerprint density at radius 1 is 0.886 bits per heavy atom. The van der Waals surface area contributed by atoms with Crippen LogP contribution in [0.2, 0.25) is 0 Å². The van der Waals surface area contributed by atoms with Gasteiger partial charge in [0.25, 0.3) is 5.91 Å². The molecule has 0 aliphatic rings. The quantitative estimate of drug-likeness (QED) is 0.291. The topological polar surface area (TPSA) is 137 Å². The van der Waals surface area contributed by atoms with Crippen LogP contribution in [0, 0.1) is 0 Å². The molecule has 4 aromatic rings. The average molecular weight is 473 g/mol. The molecule has 1 aromatic heterocycles. The van der Waals surface area contributed by atoms with E-state index >= 15 is 0 Å². The van der Waals surface area contributed by atoms with Crippen LogP contribution < -0.4 is 31.6 Å². The van der Waals surface area contributed by atoms with Crippen molar-refractivity contribution in [1.82, 2.24) is 15.3 Å². The Bertz CT molecular complexity index is 1320. The van der Waals surface area contributed by atoms with E-state index in [9.17, 15) is 4.79 Å². The first-order chi connectivity index (χ1) is 16.9. The molecule has 9 heteroatoms. The van der Waals surface area contributed by atoms with Crippen LogP contribution in [0.15, 0.2) is 60.7 Å². The van der Waals surface area contributed by atoms with E-state index in [-0.39, 0.29) is 11.9 Å². The lowest BCUT2D eigenvalue weighted by Crippen LogP contribution is -2.25. The standard InChI is InChI=1S/C26H28N6O3/c1-34-20-11-18(12-21(14-20)35-2)25(33)29-10-9-16-3-5-17(6-4-16)15-30-19-7-8-23-22(13-19)24(27)32-26(28)31-23/h3-8,11-14,30H,9-10,15H2,1-2H3,(H,29,33)(H4,27,28,31,32). The smallest absolute Gasteiger partial charge is 0.251 e. The Labute approximate surface area is 203 Å². The maximum absolute atomic E-state index is 12.5. The number of anilines is 3. The molecule has 180 valence electrons. The highest BCUT2D eigenvalue weighted by Gasteiger charge is 2.10. The Kier molecular flexibility index (Phi) is 7.15. The fourth-order valence-electron chi connectivity index (χ4n) is 3.67. The van der Waals surface area contributed by atoms with E-state index in [1.807, 2.05) is 18.2 Å². The number of nitrogen functional groups attached to an aromatic ring is 2. The largest absolute Gasteiger partial charge is 0.497 e. The van der Waals surface area contributed by atoms with Gasteiger partial charge in [0.15, 0.2) is 0 Å². The van der Waals surface area contributed by atoms with E-state index in [1.165, 1.54) is 0 Å². The Balaban J connectivity index is 1.29. The van der Waals surface area contributed by atoms with Crippen molar-refractivity contribution in [2.24, 2.45) is 0 Å². The summed E-state index contributed by atoms with van der Waals surface area (Å²) in [5.74, 6) is 1.49. The van der Waals surface area contributed by atoms with Gasteiger partial charge in [0.1, 0.15) is 17.3 Å². The summed E-state index contributed by atoms with van der Waals surface area (Å²) in [6.07, 6.45) is 0.716. The van der Waals surface area contributed by atoms with E-state index < -0.39 is 0 Å². The summed E-state index contributed by atoms with van der Waals surface area (Å²) < 4.78 is 10.5. The van der Waals surface area contributed by atoms with Gasteiger partial charge in [0, 0.05) is 35.8 Å². The van der Waals surface area contributed by atoms with E-state index in [0.29, 0.717) is 47.9 Å². The summed E-state index contributed by atoms with van der Waals surface area (Å²) in [7, 11) is 3.11. The number of aromatic nitrogens is 2. The first-order valence-corrected chi connectivity index (χ1v) is 11.1. The van der Waals surface area contributed by atoms with Crippen molar-refractivity contribution in [2.75, 3.05) is 37.5 Å². The van der Waals surface area contributed by atoms with Gasteiger partial charge in [0.05, 0.1) is 19.7 Å². The van der Waals surface area contributed by atoms with Gasteiger partial charge in [-0.2, -0.15) is 4.98 Å². The van der Waals surface area contributed by atoms with Crippen LogP contribution in [0.3, 0.4) is 0 Å². The lowest BCUT2D eigenvalue weighted by molar-refractivity contribution is 0.0953. The third kappa shape index (κ3) is 5.89. The number of hydrogen-bond donors (Lipinski definition) is 4. The predicted octanol–water partition coefficient (Wildman–Crippen LogP) is 3.40. The van der Waals surface area contributed by atoms with Crippen LogP contribution in [-0.4, -0.2) is 36.6 Å². The zero-order valence-corrected chi connectivity index (χ0v) is 19.7. The monoisotopic (exact) mass is 472 g/mol. The van der Waals surface area contributed by atoms with Crippen molar-refractivity contribution < 1.29 is 14.3 Å². The average Bonchev–Trinajstić information content (AvgIpc) is 2.87. The highest BCUT2D eigenvalue weighted by Crippen LogP contribution is 2.24. The molecule has 3 aromatic carbocycles. The summed E-state index contributed by atoms with van der Waals surface area (Å²) in [5, 5.41) is 7.09. The lowest BCUT2D eigenvalue weighted by Gasteiger charge is -2.10. The van der Waals surface area contributed by atoms with Gasteiger partial charge in [-0.1, -0.05) is 24.3 Å². The number of fused-ring (bicyclic) bond motifs is 1. The second kappa shape index (κ2) is 10.6. The van der Waals surface area contributed by atoms with E-state index in [1.54, 1.807) is 32.4 Å². The molecular formula is C26H28N6O3. The van der Waals surface area contributed by atoms with E-state index in [0.717, 1.165) is 22.2 Å². The summed E-state index contributed by atoms with van der Waals surface area (Å²) >= 11 is 0. The van der Waals surface area contributed by atoms with Crippen molar-refractivity contribution in [3.8, 4) is 11.5 Å². The summed E-state index contributed by atoms with van der Waals surface area (Å²) in [5.41, 5.74) is 16.0. The summed E-state index contributed by atoms with van der Waals surface area (Å²) in [6, 6.07) is 19.1. The van der Waals surface area contributed by atoms with Crippen LogP contribution in [0.4, 0.5) is 17.5 Å². The minimum Gasteiger partial charge on any atom is -0.497 e. The molecule has 0 spiro atoms. The highest BCUT2D eigenvalue weighted by molar-refractivity contribution is 5.95. The van der Waals surface area contributed by atoms with Gasteiger partial charge >= 0.3 is 0 Å². The van der Waals surface area contributed by atoms with Crippen molar-refractivity contribution >= 4 is 34.3 Å². The first kappa shape index (κ1) is 23.6. The normalized spacial score (nSPS) is 10.7. The SMILES string of the molecule is COc1cc(OC)cc(C(=O)NCCc2ccc(CNc3ccc4nc(N)nc(N)c4c3)cc2)c1. The Hall–Kier alpha value is -4.53. The molecule has 0 saturated carbocycles. The molecule has 35 heavy (non-hydrogen) atoms. The number of carbonyl (C=O) groups excluding carboxylic acids is 1. The fourth-order valence-corrected chi connectivity index (χ4v) is 3.67. The number of carbonyl (C=O) groups is 1. The van der Waals surface area contributed by atoms with Crippen LogP contribution in [-0.2, 0) is 13.0 Å². The van der Waals surface area contributed by atoms with Crippen molar-refractivity contribution in [1.29, 1.82) is 0 Å². The minimum absolute atomic E-state index is 0.163. The van der Waals surface area contributed by atoms with Crippen LogP contribution in [0.1, 0.15) is 21.5 Å². The number of methoxy groups -OCH3 is 2. The van der Waals surface area contributed by atoms with E-state index in [2.05, 4.69) is 44.9 Å². The van der Waals surface area contributed by atoms with Crippen LogP contribution in [0.5, 0.6) is 11.5 Å². The van der Waals surface area contributed by atoms with Gasteiger partial charge in [-0.3, -0.25) is 4.79 Å². The molecule has 6 N–H and O–H groups in total. The number of amides is 1. The van der Waals surface area contributed by atoms with Crippen LogP contribution >= 0.6 is 0 Å². The van der Waals surface area contributed by atoms with Gasteiger partial charge < -0.3 is 31.6 Å². The van der Waals surface area contributed by atoms with Gasteiger partial charge in [-0.05, 0) is 47.9 Å². The molecule has 0 aliphatic heterocycles. The first-order valence-electron chi connectivity index (χ1n) is 11.1. The molecule has 0 radical (unpaired) electrons. The van der Waals surface area contributed by atoms with Crippen molar-refractivity contribution in [2.45, 2.75) is 13.0 Å². The highest BCUT2D eigenvalue weighted by atomic mass is 16.5. The van der Waals surface area contributed by atoms with Gasteiger partial charge in [-0.15, -0.1) is 0 Å². The molecule has 0 fully saturated rings. The number of ether oxygens (including phenoxy) is 2. The molecule has 9 nitrogen and oxygen atoms in total. The number of nitrogens with two attached hydrogens (primary N) is 2. The predicted molar refractivity (Wildman–Crippen MR) is 138 cm³/mol. The van der Waals surface area contributed by atoms with Gasteiger partial charge in [0.2, 0.25) is 5.95 Å². The third-order valence-electron chi connectivity index (χ3n) is 5.57. The molecule has 0 bridgehead atoms. The maximum Gasteiger partial charge on any atom is 0.251 e. The molecule has 4 rings (SSSR count). The second-order valence-corrected chi connectivity index (χ2v) is 7.98. The lowest BCUT2D eigenvalue weighted by atomic mass is 10.1. The number of rotatable bonds is 9. The van der Waals surface area contributed by atoms with Crippen molar-refractivity contribution in [3.63, 3.8) is 0 Å². The third-order valence-corrected chi connectivity index (χ3v) is 5.57. The Morgan fingerprint density at radius 2 is 1.57 bits per heavy atom. The fraction of sp³-hybridized carbons (Fsp3) is 0.192. The summed E-state index contributed by atoms with van der Waals surface area (Å²) in [6.45, 7) is 1.16. The number of nitrogens with zero attached hydrogens (tertiary/aromatic N) is 2. The number of benzene rings is 3. The Morgan fingerprint density at radius 3 is 2.26 bits per heavy atom. The molecule has 1 heterocycles. The van der Waals surface area contributed by atoms with E-state index in [4.69, 9.17) is 20.9 Å². The zero-order chi connectivity index (χ0) is 24.8. The molecule has 0 saturated heterocycles. The van der Waals surface area contributed by atoms with Crippen molar-refractivity contribution in [3.05, 3.63) is 77.4 Å². The molecule has 0 atom stereocenters. The molecule has 1 amide bonds. The second-order valence-electron chi connectivity index (χ2n) is 7.98. The molecule has 0 unspecified atom stereocenters. The number of nitrogens with one attached hydrogen (secondary N) is 2. The van der Waals surface area contributed by atoms with Crippen LogP contribution in [0.25, 0.3) is 10.9 Å². The maximum atomic E-state index is 12.5. The minimum atomic E-state index is -0.174. The molecule has 0 aliphatic carbocycles. The zero-order valence-electron chi connectivity index (χ0n) is 19.7. The number of hydrogen-bond acceptors (Lipinski definition) is 8. The summed E-state index contributed by atoms with van der Waals surface area (Å²) in [4.78, 5) is 20.7.